The predicted octanol–water partition coefficient (Wildman–Crippen LogP) is 3.96. The van der Waals surface area contributed by atoms with E-state index in [1.807, 2.05) is 32.0 Å². The largest absolute Gasteiger partial charge is 0.497 e. The third-order valence-electron chi connectivity index (χ3n) is 4.34. The van der Waals surface area contributed by atoms with Gasteiger partial charge in [0.25, 0.3) is 5.91 Å². The Kier molecular flexibility index (Phi) is 5.85. The Morgan fingerprint density at radius 3 is 2.75 bits per heavy atom. The van der Waals surface area contributed by atoms with Crippen LogP contribution in [0.3, 0.4) is 0 Å². The zero-order valence-electron chi connectivity index (χ0n) is 16.1. The number of hydrogen-bond donors (Lipinski definition) is 1. The SMILES string of the molecule is CCOc1cc2c(cc1C=C(C#N)C(=O)Nc1ccc(OC)cc1)OC(C)C2. The zero-order valence-corrected chi connectivity index (χ0v) is 16.1. The number of amides is 1. The third-order valence-corrected chi connectivity index (χ3v) is 4.34. The number of ether oxygens (including phenoxy) is 3. The Labute approximate surface area is 164 Å². The molecule has 1 unspecified atom stereocenters. The topological polar surface area (TPSA) is 80.6 Å². The number of carbonyl (C=O) groups excluding carboxylic acids is 1. The molecular formula is C22H22N2O4. The van der Waals surface area contributed by atoms with Crippen LogP contribution >= 0.6 is 0 Å². The molecule has 1 heterocycles. The van der Waals surface area contributed by atoms with E-state index >= 15 is 0 Å². The van der Waals surface area contributed by atoms with Crippen molar-refractivity contribution in [1.82, 2.24) is 0 Å². The van der Waals surface area contributed by atoms with E-state index in [0.717, 1.165) is 17.7 Å². The van der Waals surface area contributed by atoms with Gasteiger partial charge < -0.3 is 19.5 Å². The molecule has 0 saturated heterocycles. The van der Waals surface area contributed by atoms with E-state index in [1.165, 1.54) is 6.08 Å². The molecule has 0 radical (unpaired) electrons. The van der Waals surface area contributed by atoms with Crippen molar-refractivity contribution in [1.29, 1.82) is 5.26 Å². The number of fused-ring (bicyclic) bond motifs is 1. The van der Waals surface area contributed by atoms with E-state index in [2.05, 4.69) is 5.32 Å². The average molecular weight is 378 g/mol. The number of nitriles is 1. The Morgan fingerprint density at radius 2 is 2.11 bits per heavy atom. The molecule has 0 saturated carbocycles. The summed E-state index contributed by atoms with van der Waals surface area (Å²) in [5.74, 6) is 1.58. The van der Waals surface area contributed by atoms with E-state index < -0.39 is 5.91 Å². The molecule has 1 atom stereocenters. The molecule has 1 amide bonds. The molecule has 0 aliphatic carbocycles. The first kappa shape index (κ1) is 19.3. The second-order valence-corrected chi connectivity index (χ2v) is 6.42. The van der Waals surface area contributed by atoms with Crippen LogP contribution in [0, 0.1) is 11.3 Å². The maximum absolute atomic E-state index is 12.6. The fourth-order valence-corrected chi connectivity index (χ4v) is 3.03. The Morgan fingerprint density at radius 1 is 1.36 bits per heavy atom. The van der Waals surface area contributed by atoms with Gasteiger partial charge in [-0.05, 0) is 56.3 Å². The summed E-state index contributed by atoms with van der Waals surface area (Å²) in [6.07, 6.45) is 2.43. The van der Waals surface area contributed by atoms with Crippen molar-refractivity contribution >= 4 is 17.7 Å². The monoisotopic (exact) mass is 378 g/mol. The normalized spacial score (nSPS) is 15.2. The van der Waals surface area contributed by atoms with E-state index in [4.69, 9.17) is 14.2 Å². The molecule has 0 bridgehead atoms. The van der Waals surface area contributed by atoms with E-state index in [-0.39, 0.29) is 11.7 Å². The van der Waals surface area contributed by atoms with Gasteiger partial charge in [-0.2, -0.15) is 5.26 Å². The molecule has 3 rings (SSSR count). The summed E-state index contributed by atoms with van der Waals surface area (Å²) in [6, 6.07) is 12.6. The molecule has 0 aromatic heterocycles. The Bertz CT molecular complexity index is 942. The van der Waals surface area contributed by atoms with Crippen LogP contribution in [0.4, 0.5) is 5.69 Å². The quantitative estimate of drug-likeness (QED) is 0.608. The lowest BCUT2D eigenvalue weighted by Gasteiger charge is -2.11. The van der Waals surface area contributed by atoms with Gasteiger partial charge >= 0.3 is 0 Å². The van der Waals surface area contributed by atoms with Crippen molar-refractivity contribution in [3.8, 4) is 23.3 Å². The van der Waals surface area contributed by atoms with E-state index in [1.54, 1.807) is 31.4 Å². The van der Waals surface area contributed by atoms with Crippen molar-refractivity contribution in [2.45, 2.75) is 26.4 Å². The number of anilines is 1. The van der Waals surface area contributed by atoms with Gasteiger partial charge in [0.2, 0.25) is 0 Å². The van der Waals surface area contributed by atoms with Gasteiger partial charge in [0, 0.05) is 23.2 Å². The molecule has 0 spiro atoms. The molecule has 1 aliphatic rings. The summed E-state index contributed by atoms with van der Waals surface area (Å²) in [5, 5.41) is 12.2. The first-order valence-electron chi connectivity index (χ1n) is 9.07. The smallest absolute Gasteiger partial charge is 0.266 e. The number of methoxy groups -OCH3 is 1. The highest BCUT2D eigenvalue weighted by Crippen LogP contribution is 2.36. The molecule has 2 aromatic carbocycles. The van der Waals surface area contributed by atoms with E-state index in [0.29, 0.717) is 29.4 Å². The number of hydrogen-bond acceptors (Lipinski definition) is 5. The number of benzene rings is 2. The molecule has 28 heavy (non-hydrogen) atoms. The Balaban J connectivity index is 1.88. The van der Waals surface area contributed by atoms with Gasteiger partial charge in [-0.15, -0.1) is 0 Å². The van der Waals surface area contributed by atoms with Crippen LogP contribution in [0.5, 0.6) is 17.2 Å². The maximum Gasteiger partial charge on any atom is 0.266 e. The second kappa shape index (κ2) is 8.49. The van der Waals surface area contributed by atoms with Crippen molar-refractivity contribution in [2.24, 2.45) is 0 Å². The van der Waals surface area contributed by atoms with Crippen LogP contribution in [-0.2, 0) is 11.2 Å². The lowest BCUT2D eigenvalue weighted by Crippen LogP contribution is -2.13. The van der Waals surface area contributed by atoms with Crippen LogP contribution in [-0.4, -0.2) is 25.7 Å². The third kappa shape index (κ3) is 4.26. The standard InChI is InChI=1S/C22H22N2O4/c1-4-27-20-11-15-9-14(2)28-21(15)12-16(20)10-17(13-23)22(25)24-18-5-7-19(26-3)8-6-18/h5-8,10-12,14H,4,9H2,1-3H3,(H,24,25). The highest BCUT2D eigenvalue weighted by atomic mass is 16.5. The van der Waals surface area contributed by atoms with E-state index in [9.17, 15) is 10.1 Å². The fourth-order valence-electron chi connectivity index (χ4n) is 3.03. The van der Waals surface area contributed by atoms with Crippen LogP contribution in [0.1, 0.15) is 25.0 Å². The number of nitrogens with zero attached hydrogens (tertiary/aromatic N) is 1. The lowest BCUT2D eigenvalue weighted by atomic mass is 10.0. The van der Waals surface area contributed by atoms with Gasteiger partial charge in [-0.3, -0.25) is 4.79 Å². The fraction of sp³-hybridized carbons (Fsp3) is 0.273. The molecule has 0 fully saturated rings. The molecule has 144 valence electrons. The number of nitrogens with one attached hydrogen (secondary N) is 1. The molecule has 1 N–H and O–H groups in total. The summed E-state index contributed by atoms with van der Waals surface area (Å²) in [4.78, 5) is 12.6. The van der Waals surface area contributed by atoms with Crippen molar-refractivity contribution in [3.63, 3.8) is 0 Å². The second-order valence-electron chi connectivity index (χ2n) is 6.42. The molecule has 6 heteroatoms. The van der Waals surface area contributed by atoms with Crippen LogP contribution in [0.15, 0.2) is 42.0 Å². The van der Waals surface area contributed by atoms with Crippen molar-refractivity contribution in [2.75, 3.05) is 19.0 Å². The van der Waals surface area contributed by atoms with Gasteiger partial charge in [0.15, 0.2) is 0 Å². The number of rotatable bonds is 6. The molecular weight excluding hydrogens is 356 g/mol. The first-order chi connectivity index (χ1) is 13.5. The highest BCUT2D eigenvalue weighted by Gasteiger charge is 2.22. The minimum atomic E-state index is -0.495. The van der Waals surface area contributed by atoms with Crippen molar-refractivity contribution < 1.29 is 19.0 Å². The van der Waals surface area contributed by atoms with Crippen LogP contribution < -0.4 is 19.5 Å². The summed E-state index contributed by atoms with van der Waals surface area (Å²) in [5.41, 5.74) is 2.25. The minimum Gasteiger partial charge on any atom is -0.497 e. The van der Waals surface area contributed by atoms with Gasteiger partial charge in [-0.1, -0.05) is 0 Å². The summed E-state index contributed by atoms with van der Waals surface area (Å²) in [7, 11) is 1.57. The molecule has 2 aromatic rings. The summed E-state index contributed by atoms with van der Waals surface area (Å²) in [6.45, 7) is 4.37. The first-order valence-corrected chi connectivity index (χ1v) is 9.07. The van der Waals surface area contributed by atoms with Crippen LogP contribution in [0.25, 0.3) is 6.08 Å². The average Bonchev–Trinajstić information content (AvgIpc) is 3.05. The van der Waals surface area contributed by atoms with Gasteiger partial charge in [0.05, 0.1) is 13.7 Å². The predicted molar refractivity (Wildman–Crippen MR) is 107 cm³/mol. The summed E-state index contributed by atoms with van der Waals surface area (Å²) < 4.78 is 16.6. The molecule has 6 nitrogen and oxygen atoms in total. The molecule has 1 aliphatic heterocycles. The summed E-state index contributed by atoms with van der Waals surface area (Å²) >= 11 is 0. The highest BCUT2D eigenvalue weighted by molar-refractivity contribution is 6.09. The van der Waals surface area contributed by atoms with Crippen molar-refractivity contribution in [3.05, 3.63) is 53.1 Å². The zero-order chi connectivity index (χ0) is 20.1. The minimum absolute atomic E-state index is 0.0252. The maximum atomic E-state index is 12.6. The van der Waals surface area contributed by atoms with Gasteiger partial charge in [-0.25, -0.2) is 0 Å². The van der Waals surface area contributed by atoms with Gasteiger partial charge in [0.1, 0.15) is 35.0 Å². The number of carbonyl (C=O) groups is 1. The lowest BCUT2D eigenvalue weighted by molar-refractivity contribution is -0.112. The van der Waals surface area contributed by atoms with Crippen LogP contribution in [0.2, 0.25) is 0 Å². The Hall–Kier alpha value is -3.46.